The van der Waals surface area contributed by atoms with Crippen molar-refractivity contribution in [3.05, 3.63) is 139 Å². The zero-order valence-electron chi connectivity index (χ0n) is 18.6. The number of hydrogen-bond donors (Lipinski definition) is 0. The van der Waals surface area contributed by atoms with Gasteiger partial charge in [0.05, 0.1) is 6.57 Å². The summed E-state index contributed by atoms with van der Waals surface area (Å²) in [5.74, 6) is 0. The minimum absolute atomic E-state index is 0. The molecule has 0 atom stereocenters. The van der Waals surface area contributed by atoms with E-state index in [9.17, 15) is 0 Å². The van der Waals surface area contributed by atoms with Gasteiger partial charge in [0.25, 0.3) is 0 Å². The molecule has 0 saturated carbocycles. The summed E-state index contributed by atoms with van der Waals surface area (Å²) in [4.78, 5) is 12.1. The monoisotopic (exact) mass is 616 g/mol. The Bertz CT molecular complexity index is 1280. The third-order valence-corrected chi connectivity index (χ3v) is 4.94. The fraction of sp³-hybridized carbons (Fsp3) is 0.0333. The molecule has 5 rings (SSSR count). The van der Waals surface area contributed by atoms with Crippen molar-refractivity contribution in [1.82, 2.24) is 9.97 Å². The van der Waals surface area contributed by atoms with Gasteiger partial charge in [0.2, 0.25) is 0 Å². The summed E-state index contributed by atoms with van der Waals surface area (Å²) in [5.41, 5.74) is 7.67. The van der Waals surface area contributed by atoms with Gasteiger partial charge < -0.3 is 9.97 Å². The average molecular weight is 616 g/mol. The molecule has 0 aliphatic rings. The predicted molar refractivity (Wildman–Crippen MR) is 133 cm³/mol. The summed E-state index contributed by atoms with van der Waals surface area (Å²) >= 11 is 0. The Kier molecular flexibility index (Phi) is 9.00. The van der Waals surface area contributed by atoms with E-state index in [1.54, 1.807) is 6.07 Å². The van der Waals surface area contributed by atoms with Crippen molar-refractivity contribution in [1.29, 1.82) is 0 Å². The molecule has 0 aliphatic carbocycles. The fourth-order valence-electron chi connectivity index (χ4n) is 3.21. The van der Waals surface area contributed by atoms with E-state index in [2.05, 4.69) is 45.1 Å². The first-order valence-electron chi connectivity index (χ1n) is 10.5. The minimum atomic E-state index is 0. The van der Waals surface area contributed by atoms with Crippen LogP contribution in [0.2, 0.25) is 0 Å². The van der Waals surface area contributed by atoms with E-state index in [0.717, 1.165) is 33.6 Å². The number of rotatable bonds is 3. The molecule has 2 heterocycles. The van der Waals surface area contributed by atoms with E-state index in [1.807, 2.05) is 92.1 Å². The third kappa shape index (κ3) is 6.56. The van der Waals surface area contributed by atoms with Crippen molar-refractivity contribution in [2.24, 2.45) is 0 Å². The Hall–Kier alpha value is -3.90. The quantitative estimate of drug-likeness (QED) is 0.196. The fourth-order valence-corrected chi connectivity index (χ4v) is 3.21. The Balaban J connectivity index is 0.000000188. The van der Waals surface area contributed by atoms with Gasteiger partial charge in [-0.25, -0.2) is 0 Å². The van der Waals surface area contributed by atoms with Crippen LogP contribution in [0.25, 0.3) is 38.5 Å². The molecule has 5 aromatic rings. The molecular weight excluding hydrogens is 595 g/mol. The summed E-state index contributed by atoms with van der Waals surface area (Å²) < 4.78 is 0. The molecule has 0 bridgehead atoms. The first-order chi connectivity index (χ1) is 16.2. The molecule has 0 amide bonds. The number of nitrogens with zero attached hydrogens (tertiary/aromatic N) is 3. The van der Waals surface area contributed by atoms with Crippen LogP contribution in [-0.2, 0) is 20.1 Å². The van der Waals surface area contributed by atoms with Crippen LogP contribution in [0.4, 0.5) is 5.69 Å². The largest absolute Gasteiger partial charge is 0.305 e. The molecule has 3 nitrogen and oxygen atoms in total. The van der Waals surface area contributed by atoms with E-state index < -0.39 is 0 Å². The van der Waals surface area contributed by atoms with Gasteiger partial charge in [0, 0.05) is 32.5 Å². The second-order valence-corrected chi connectivity index (χ2v) is 7.36. The van der Waals surface area contributed by atoms with Gasteiger partial charge in [-0.05, 0) is 35.0 Å². The molecular formula is C30H21IrN3-2. The van der Waals surface area contributed by atoms with Crippen LogP contribution in [0.5, 0.6) is 0 Å². The molecule has 3 aromatic carbocycles. The van der Waals surface area contributed by atoms with Crippen molar-refractivity contribution >= 4 is 5.69 Å². The summed E-state index contributed by atoms with van der Waals surface area (Å²) in [6.07, 6.45) is 3.72. The van der Waals surface area contributed by atoms with Gasteiger partial charge in [-0.3, -0.25) is 4.85 Å². The average Bonchev–Trinajstić information content (AvgIpc) is 2.91. The molecule has 0 saturated heterocycles. The van der Waals surface area contributed by atoms with Crippen LogP contribution in [0.1, 0.15) is 5.56 Å². The predicted octanol–water partition coefficient (Wildman–Crippen LogP) is 7.62. The van der Waals surface area contributed by atoms with E-state index in [-0.39, 0.29) is 20.1 Å². The number of pyridine rings is 2. The van der Waals surface area contributed by atoms with Crippen LogP contribution in [0.3, 0.4) is 0 Å². The second kappa shape index (κ2) is 12.4. The zero-order valence-corrected chi connectivity index (χ0v) is 21.0. The standard InChI is InChI=1S/C17H12N.C13H9N2.Ir/c1-3-7-14(8-4-1)16-11-12-17(18-13-16)15-9-5-2-6-10-15;1-10-6-7-13(15-9-10)11-4-3-5-12(8-11)14-2;/h1-9,11-13H;3-7,9H,1H3;/q2*-1;. The van der Waals surface area contributed by atoms with Crippen LogP contribution in [0, 0.1) is 25.6 Å². The van der Waals surface area contributed by atoms with Gasteiger partial charge >= 0.3 is 0 Å². The molecule has 34 heavy (non-hydrogen) atoms. The van der Waals surface area contributed by atoms with Gasteiger partial charge in [-0.15, -0.1) is 59.7 Å². The Morgan fingerprint density at radius 1 is 0.676 bits per heavy atom. The first-order valence-corrected chi connectivity index (χ1v) is 10.5. The van der Waals surface area contributed by atoms with Gasteiger partial charge in [-0.1, -0.05) is 54.6 Å². The summed E-state index contributed by atoms with van der Waals surface area (Å²) in [5, 5.41) is 0. The normalized spacial score (nSPS) is 9.65. The van der Waals surface area contributed by atoms with Gasteiger partial charge in [0.1, 0.15) is 5.69 Å². The van der Waals surface area contributed by atoms with Crippen LogP contribution >= 0.6 is 0 Å². The van der Waals surface area contributed by atoms with Crippen LogP contribution < -0.4 is 0 Å². The van der Waals surface area contributed by atoms with Crippen molar-refractivity contribution in [2.45, 2.75) is 6.92 Å². The smallest absolute Gasteiger partial charge is 0.106 e. The van der Waals surface area contributed by atoms with Crippen LogP contribution in [-0.4, -0.2) is 9.97 Å². The first kappa shape index (κ1) is 24.7. The Morgan fingerprint density at radius 2 is 1.38 bits per heavy atom. The summed E-state index contributed by atoms with van der Waals surface area (Å²) in [6, 6.07) is 37.9. The molecule has 0 unspecified atom stereocenters. The molecule has 0 N–H and O–H groups in total. The maximum atomic E-state index is 6.91. The van der Waals surface area contributed by atoms with Crippen molar-refractivity contribution in [3.63, 3.8) is 0 Å². The molecule has 0 fully saturated rings. The zero-order chi connectivity index (χ0) is 22.9. The second-order valence-electron chi connectivity index (χ2n) is 7.36. The number of hydrogen-bond acceptors (Lipinski definition) is 2. The summed E-state index contributed by atoms with van der Waals surface area (Å²) in [6.45, 7) is 8.91. The van der Waals surface area contributed by atoms with E-state index in [1.165, 1.54) is 5.56 Å². The summed E-state index contributed by atoms with van der Waals surface area (Å²) in [7, 11) is 0. The van der Waals surface area contributed by atoms with Crippen molar-refractivity contribution in [2.75, 3.05) is 0 Å². The maximum Gasteiger partial charge on any atom is 0.106 e. The number of benzene rings is 3. The molecule has 0 aliphatic heterocycles. The molecule has 1 radical (unpaired) electrons. The van der Waals surface area contributed by atoms with Crippen LogP contribution in [0.15, 0.2) is 109 Å². The topological polar surface area (TPSA) is 30.1 Å². The number of aromatic nitrogens is 2. The molecule has 2 aromatic heterocycles. The SMILES string of the molecule is [C-]#[N+]c1[c-]c(-c2ccc(C)cn2)ccc1.[Ir].[c-]1ccccc1-c1ccc(-c2ccccc2)cn1. The van der Waals surface area contributed by atoms with E-state index >= 15 is 0 Å². The third-order valence-electron chi connectivity index (χ3n) is 4.94. The number of aryl methyl sites for hydroxylation is 1. The molecule has 0 spiro atoms. The van der Waals surface area contributed by atoms with E-state index in [4.69, 9.17) is 6.57 Å². The van der Waals surface area contributed by atoms with E-state index in [0.29, 0.717) is 5.69 Å². The van der Waals surface area contributed by atoms with Gasteiger partial charge in [-0.2, -0.15) is 6.07 Å². The minimum Gasteiger partial charge on any atom is -0.305 e. The molecule has 4 heteroatoms. The molecule has 167 valence electrons. The Morgan fingerprint density at radius 3 is 2.03 bits per heavy atom. The maximum absolute atomic E-state index is 6.91. The van der Waals surface area contributed by atoms with Crippen molar-refractivity contribution in [3.8, 4) is 33.6 Å². The van der Waals surface area contributed by atoms with Gasteiger partial charge in [0.15, 0.2) is 0 Å². The Labute approximate surface area is 214 Å². The van der Waals surface area contributed by atoms with Crippen molar-refractivity contribution < 1.29 is 20.1 Å².